The summed E-state index contributed by atoms with van der Waals surface area (Å²) in [4.78, 5) is 49.7. The molecule has 4 aromatic rings. The fourth-order valence-electron chi connectivity index (χ4n) is 5.21. The van der Waals surface area contributed by atoms with Crippen LogP contribution in [0.5, 0.6) is 0 Å². The van der Waals surface area contributed by atoms with Gasteiger partial charge in [0, 0.05) is 0 Å². The van der Waals surface area contributed by atoms with Crippen molar-refractivity contribution in [1.82, 2.24) is 39.3 Å². The van der Waals surface area contributed by atoms with E-state index < -0.39 is 82.5 Å². The van der Waals surface area contributed by atoms with Crippen LogP contribution < -0.4 is 11.3 Å². The Morgan fingerprint density at radius 1 is 1.00 bits per heavy atom. The third-order valence-electron chi connectivity index (χ3n) is 7.23. The first-order chi connectivity index (χ1) is 20.9. The number of nitrogen functional groups attached to an aromatic ring is 1. The number of nitrogens with one attached hydrogen (secondary N) is 1. The van der Waals surface area contributed by atoms with Crippen molar-refractivity contribution in [2.75, 3.05) is 18.9 Å². The SMILES string of the molecule is Nc1ncnc2c1ncn2[C@@H]1O[C@@H]2COP(O)(=S)O[C@@H]3[C@H](O)[C@@H](COP(=O)(O)O[C@H]2C1F)O[C@H]3n1cnc2c(=O)[nH]ncc21. The molecular weight excluding hydrogens is 655 g/mol. The molecule has 236 valence electrons. The number of aromatic amines is 1. The summed E-state index contributed by atoms with van der Waals surface area (Å²) in [6, 6.07) is 0. The molecule has 3 aliphatic rings. The van der Waals surface area contributed by atoms with Crippen molar-refractivity contribution in [2.24, 2.45) is 0 Å². The number of hydrogen-bond donors (Lipinski definition) is 5. The number of halogens is 1. The molecule has 0 amide bonds. The molecule has 24 heteroatoms. The first kappa shape index (κ1) is 29.8. The molecule has 3 saturated heterocycles. The predicted octanol–water partition coefficient (Wildman–Crippen LogP) is -0.830. The molecule has 2 bridgehead atoms. The standard InChI is InChI=1S/C20H22FN9O11P2S/c21-10-14-9(39-19(10)30-6-26-12-16(22)23-4-24-17(12)30)3-37-43(35,44)41-15-13(31)8(2-36-42(33,34)40-14)38-20(15)29-5-25-11-7(29)1-27-28-18(11)32/h1,4-6,8-10,13-15,19-20,31H,2-3H2,(H,28,32)(H,33,34)(H,35,44)(H2,22,23,24)/t8-,9-,10?,13-,14-,15-,19-,20-,43?/m1/s1. The predicted molar refractivity (Wildman–Crippen MR) is 145 cm³/mol. The summed E-state index contributed by atoms with van der Waals surface area (Å²) in [6.07, 6.45) is -7.82. The van der Waals surface area contributed by atoms with Crippen LogP contribution in [0.4, 0.5) is 10.2 Å². The number of aromatic nitrogens is 8. The number of H-pyrrole nitrogens is 1. The van der Waals surface area contributed by atoms with Crippen LogP contribution in [-0.4, -0.2) is 104 Å². The van der Waals surface area contributed by atoms with Gasteiger partial charge in [0.1, 0.15) is 42.4 Å². The largest absolute Gasteiger partial charge is 0.472 e. The minimum atomic E-state index is -5.07. The third-order valence-corrected chi connectivity index (χ3v) is 9.77. The zero-order valence-corrected chi connectivity index (χ0v) is 24.4. The van der Waals surface area contributed by atoms with E-state index in [9.17, 15) is 24.3 Å². The molecule has 20 nitrogen and oxygen atoms in total. The van der Waals surface area contributed by atoms with Crippen molar-refractivity contribution in [3.8, 4) is 0 Å². The van der Waals surface area contributed by atoms with E-state index in [1.165, 1.54) is 28.0 Å². The monoisotopic (exact) mass is 677 g/mol. The smallest absolute Gasteiger partial charge is 0.387 e. The van der Waals surface area contributed by atoms with Gasteiger partial charge < -0.3 is 34.6 Å². The first-order valence-electron chi connectivity index (χ1n) is 12.7. The molecule has 0 saturated carbocycles. The number of phosphoric ester groups is 1. The Balaban J connectivity index is 1.20. The number of nitrogens with two attached hydrogens (primary N) is 1. The average Bonchev–Trinajstić information content (AvgIpc) is 3.73. The molecule has 0 radical (unpaired) electrons. The number of phosphoric acid groups is 1. The van der Waals surface area contributed by atoms with E-state index in [4.69, 9.17) is 45.1 Å². The van der Waals surface area contributed by atoms with Gasteiger partial charge >= 0.3 is 14.5 Å². The van der Waals surface area contributed by atoms with Gasteiger partial charge in [-0.25, -0.2) is 34.0 Å². The van der Waals surface area contributed by atoms with Crippen LogP contribution in [0, 0.1) is 0 Å². The summed E-state index contributed by atoms with van der Waals surface area (Å²) in [6.45, 7) is -5.73. The zero-order valence-electron chi connectivity index (χ0n) is 21.8. The Morgan fingerprint density at radius 3 is 2.55 bits per heavy atom. The van der Waals surface area contributed by atoms with Crippen molar-refractivity contribution >= 4 is 54.4 Å². The lowest BCUT2D eigenvalue weighted by molar-refractivity contribution is -0.0634. The minimum absolute atomic E-state index is 0.0153. The number of hydrogen-bond acceptors (Lipinski definition) is 16. The van der Waals surface area contributed by atoms with Crippen molar-refractivity contribution in [3.63, 3.8) is 0 Å². The number of imidazole rings is 2. The van der Waals surface area contributed by atoms with E-state index in [-0.39, 0.29) is 28.0 Å². The molecule has 3 aliphatic heterocycles. The molecule has 0 aliphatic carbocycles. The number of fused-ring (bicyclic) bond motifs is 5. The van der Waals surface area contributed by atoms with Crippen LogP contribution in [0.1, 0.15) is 12.5 Å². The normalized spacial score (nSPS) is 38.3. The highest BCUT2D eigenvalue weighted by atomic mass is 32.5. The van der Waals surface area contributed by atoms with E-state index in [1.807, 2.05) is 0 Å². The minimum Gasteiger partial charge on any atom is -0.387 e. The summed E-state index contributed by atoms with van der Waals surface area (Å²) in [5, 5.41) is 17.0. The number of nitrogens with zero attached hydrogens (tertiary/aromatic N) is 7. The second-order valence-electron chi connectivity index (χ2n) is 9.90. The molecule has 4 aromatic heterocycles. The maximum atomic E-state index is 15.9. The van der Waals surface area contributed by atoms with Gasteiger partial charge in [0.2, 0.25) is 0 Å². The van der Waals surface area contributed by atoms with Crippen molar-refractivity contribution in [3.05, 3.63) is 35.5 Å². The average molecular weight is 677 g/mol. The van der Waals surface area contributed by atoms with Crippen LogP contribution in [-0.2, 0) is 43.9 Å². The van der Waals surface area contributed by atoms with E-state index in [1.54, 1.807) is 0 Å². The van der Waals surface area contributed by atoms with Crippen LogP contribution in [0.25, 0.3) is 22.2 Å². The third kappa shape index (κ3) is 5.15. The van der Waals surface area contributed by atoms with Gasteiger partial charge in [-0.3, -0.25) is 27.5 Å². The van der Waals surface area contributed by atoms with Crippen LogP contribution in [0.2, 0.25) is 0 Å². The lowest BCUT2D eigenvalue weighted by Gasteiger charge is -2.27. The molecule has 7 heterocycles. The number of anilines is 1. The van der Waals surface area contributed by atoms with E-state index in [0.717, 1.165) is 6.33 Å². The fourth-order valence-corrected chi connectivity index (χ4v) is 7.58. The number of rotatable bonds is 2. The Morgan fingerprint density at radius 2 is 1.73 bits per heavy atom. The van der Waals surface area contributed by atoms with Crippen LogP contribution in [0.3, 0.4) is 0 Å². The first-order valence-corrected chi connectivity index (χ1v) is 16.8. The summed E-state index contributed by atoms with van der Waals surface area (Å²) in [5.41, 5.74) is 5.64. The molecule has 0 aromatic carbocycles. The van der Waals surface area contributed by atoms with Gasteiger partial charge in [0.05, 0.1) is 37.6 Å². The second kappa shape index (κ2) is 10.9. The lowest BCUT2D eigenvalue weighted by Crippen LogP contribution is -2.35. The molecule has 44 heavy (non-hydrogen) atoms. The van der Waals surface area contributed by atoms with Crippen LogP contribution >= 0.6 is 14.5 Å². The zero-order chi connectivity index (χ0) is 31.0. The van der Waals surface area contributed by atoms with Gasteiger partial charge in [-0.1, -0.05) is 0 Å². The molecule has 6 N–H and O–H groups in total. The lowest BCUT2D eigenvalue weighted by atomic mass is 10.1. The van der Waals surface area contributed by atoms with E-state index in [2.05, 4.69) is 30.1 Å². The van der Waals surface area contributed by atoms with Gasteiger partial charge in [-0.05, 0) is 11.8 Å². The molecule has 0 spiro atoms. The summed E-state index contributed by atoms with van der Waals surface area (Å²) in [5.74, 6) is 0.0276. The topological polar surface area (TPSA) is 266 Å². The van der Waals surface area contributed by atoms with E-state index >= 15 is 4.39 Å². The highest BCUT2D eigenvalue weighted by Crippen LogP contribution is 2.54. The number of ether oxygens (including phenoxy) is 2. The molecule has 10 atom stereocenters. The molecule has 3 unspecified atom stereocenters. The highest BCUT2D eigenvalue weighted by Gasteiger charge is 2.53. The molecule has 7 rings (SSSR count). The van der Waals surface area contributed by atoms with Gasteiger partial charge in [0.25, 0.3) is 5.56 Å². The number of alkyl halides is 1. The van der Waals surface area contributed by atoms with Gasteiger partial charge in [0.15, 0.2) is 35.6 Å². The molecular formula is C20H22FN9O11P2S. The Kier molecular flexibility index (Phi) is 7.39. The number of aliphatic hydroxyl groups is 1. The summed E-state index contributed by atoms with van der Waals surface area (Å²) >= 11 is 5.18. The van der Waals surface area contributed by atoms with Gasteiger partial charge in [-0.15, -0.1) is 0 Å². The van der Waals surface area contributed by atoms with Crippen molar-refractivity contribution in [2.45, 2.75) is 49.1 Å². The second-order valence-corrected chi connectivity index (χ2v) is 14.1. The van der Waals surface area contributed by atoms with E-state index in [0.29, 0.717) is 0 Å². The summed E-state index contributed by atoms with van der Waals surface area (Å²) < 4.78 is 64.5. The Bertz CT molecular complexity index is 1890. The fraction of sp³-hybridized carbons (Fsp3) is 0.500. The van der Waals surface area contributed by atoms with Crippen molar-refractivity contribution in [1.29, 1.82) is 0 Å². The summed E-state index contributed by atoms with van der Waals surface area (Å²) in [7, 11) is -5.07. The maximum absolute atomic E-state index is 15.9. The Labute approximate surface area is 248 Å². The van der Waals surface area contributed by atoms with Gasteiger partial charge in [-0.2, -0.15) is 5.10 Å². The van der Waals surface area contributed by atoms with Crippen LogP contribution in [0.15, 0.2) is 30.0 Å². The number of aliphatic hydroxyl groups excluding tert-OH is 1. The highest BCUT2D eigenvalue weighted by molar-refractivity contribution is 8.07. The maximum Gasteiger partial charge on any atom is 0.472 e. The Hall–Kier alpha value is -2.85. The van der Waals surface area contributed by atoms with Crippen molar-refractivity contribution < 1.29 is 51.4 Å². The molecule has 3 fully saturated rings. The quantitative estimate of drug-likeness (QED) is 0.162.